The maximum Gasteiger partial charge on any atom is 0.283 e. The van der Waals surface area contributed by atoms with Crippen LogP contribution in [0.5, 0.6) is 0 Å². The van der Waals surface area contributed by atoms with Gasteiger partial charge in [0.25, 0.3) is 5.92 Å². The van der Waals surface area contributed by atoms with Crippen LogP contribution in [0.15, 0.2) is 29.2 Å². The monoisotopic (exact) mass is 308 g/mol. The van der Waals surface area contributed by atoms with Crippen molar-refractivity contribution in [2.75, 3.05) is 18.5 Å². The van der Waals surface area contributed by atoms with Crippen molar-refractivity contribution < 1.29 is 27.1 Å². The van der Waals surface area contributed by atoms with Crippen molar-refractivity contribution >= 4 is 21.6 Å². The quantitative estimate of drug-likeness (QED) is 0.715. The molecule has 0 atom stereocenters. The summed E-state index contributed by atoms with van der Waals surface area (Å²) < 4.78 is 50.7. The molecular formula is C11H14F2N2O4S. The minimum Gasteiger partial charge on any atom is -0.390 e. The summed E-state index contributed by atoms with van der Waals surface area (Å²) in [6.07, 6.45) is 0. The van der Waals surface area contributed by atoms with Crippen LogP contribution < -0.4 is 10.0 Å². The minimum atomic E-state index is -4.10. The first-order valence-electron chi connectivity index (χ1n) is 5.52. The molecular weight excluding hydrogens is 294 g/mol. The van der Waals surface area contributed by atoms with E-state index in [0.29, 0.717) is 5.69 Å². The average molecular weight is 308 g/mol. The predicted octanol–water partition coefficient (Wildman–Crippen LogP) is 0.551. The van der Waals surface area contributed by atoms with Crippen LogP contribution in [0.3, 0.4) is 0 Å². The van der Waals surface area contributed by atoms with Crippen molar-refractivity contribution in [1.82, 2.24) is 4.72 Å². The maximum absolute atomic E-state index is 12.8. The Bertz CT molecular complexity index is 573. The van der Waals surface area contributed by atoms with Crippen LogP contribution in [-0.4, -0.2) is 38.5 Å². The predicted molar refractivity (Wildman–Crippen MR) is 68.0 cm³/mol. The Kier molecular flexibility index (Phi) is 5.15. The first kappa shape index (κ1) is 16.5. The fraction of sp³-hybridized carbons (Fsp3) is 0.364. The number of sulfonamides is 1. The molecule has 0 unspecified atom stereocenters. The van der Waals surface area contributed by atoms with Gasteiger partial charge in [-0.15, -0.1) is 0 Å². The molecule has 20 heavy (non-hydrogen) atoms. The normalized spacial score (nSPS) is 12.2. The Balaban J connectivity index is 2.80. The lowest BCUT2D eigenvalue weighted by Gasteiger charge is -2.14. The molecule has 3 N–H and O–H groups in total. The van der Waals surface area contributed by atoms with E-state index in [4.69, 9.17) is 5.11 Å². The molecule has 0 saturated heterocycles. The summed E-state index contributed by atoms with van der Waals surface area (Å²) in [5.74, 6) is -3.84. The van der Waals surface area contributed by atoms with E-state index in [1.807, 2.05) is 0 Å². The van der Waals surface area contributed by atoms with Gasteiger partial charge in [-0.2, -0.15) is 0 Å². The van der Waals surface area contributed by atoms with Crippen molar-refractivity contribution in [3.05, 3.63) is 24.3 Å². The summed E-state index contributed by atoms with van der Waals surface area (Å²) in [6.45, 7) is -1.35. The Hall–Kier alpha value is -1.58. The summed E-state index contributed by atoms with van der Waals surface area (Å²) in [4.78, 5) is 10.6. The van der Waals surface area contributed by atoms with Gasteiger partial charge in [0.15, 0.2) is 0 Å². The number of nitrogens with one attached hydrogen (secondary N) is 2. The molecule has 0 aliphatic carbocycles. The number of rotatable bonds is 6. The average Bonchev–Trinajstić information content (AvgIpc) is 2.37. The fourth-order valence-corrected chi connectivity index (χ4v) is 2.32. The van der Waals surface area contributed by atoms with Gasteiger partial charge in [-0.05, 0) is 24.3 Å². The third kappa shape index (κ3) is 4.83. The van der Waals surface area contributed by atoms with Gasteiger partial charge < -0.3 is 10.4 Å². The van der Waals surface area contributed by atoms with E-state index in [9.17, 15) is 22.0 Å². The highest BCUT2D eigenvalue weighted by atomic mass is 32.2. The number of carbonyl (C=O) groups is 1. The molecule has 0 heterocycles. The molecule has 0 aliphatic rings. The smallest absolute Gasteiger partial charge is 0.283 e. The number of hydrogen-bond donors (Lipinski definition) is 3. The van der Waals surface area contributed by atoms with E-state index in [1.54, 1.807) is 4.72 Å². The Morgan fingerprint density at radius 1 is 1.30 bits per heavy atom. The van der Waals surface area contributed by atoms with E-state index >= 15 is 0 Å². The number of aliphatic hydroxyl groups is 1. The molecule has 112 valence electrons. The first-order valence-corrected chi connectivity index (χ1v) is 7.01. The van der Waals surface area contributed by atoms with Crippen LogP contribution >= 0.6 is 0 Å². The largest absolute Gasteiger partial charge is 0.390 e. The van der Waals surface area contributed by atoms with E-state index in [2.05, 4.69) is 5.32 Å². The van der Waals surface area contributed by atoms with Crippen LogP contribution in [0, 0.1) is 0 Å². The molecule has 0 aromatic heterocycles. The maximum atomic E-state index is 12.8. The molecule has 1 aromatic carbocycles. The van der Waals surface area contributed by atoms with Crippen LogP contribution in [0.4, 0.5) is 14.5 Å². The number of anilines is 1. The molecule has 1 amide bonds. The molecule has 0 spiro atoms. The lowest BCUT2D eigenvalue weighted by molar-refractivity contribution is -0.114. The number of benzene rings is 1. The zero-order valence-electron chi connectivity index (χ0n) is 10.6. The van der Waals surface area contributed by atoms with E-state index in [1.165, 1.54) is 31.2 Å². The summed E-state index contributed by atoms with van der Waals surface area (Å²) in [5.41, 5.74) is 0.386. The molecule has 6 nitrogen and oxygen atoms in total. The summed E-state index contributed by atoms with van der Waals surface area (Å²) in [6, 6.07) is 5.01. The third-order valence-corrected chi connectivity index (χ3v) is 3.65. The fourth-order valence-electron chi connectivity index (χ4n) is 1.26. The molecule has 9 heteroatoms. The van der Waals surface area contributed by atoms with Gasteiger partial charge in [-0.3, -0.25) is 4.79 Å². The summed E-state index contributed by atoms with van der Waals surface area (Å²) >= 11 is 0. The SMILES string of the molecule is CC(=O)Nc1ccc(S(=O)(=O)NCC(F)(F)CO)cc1. The Morgan fingerprint density at radius 3 is 2.30 bits per heavy atom. The van der Waals surface area contributed by atoms with Gasteiger partial charge >= 0.3 is 0 Å². The van der Waals surface area contributed by atoms with Crippen molar-refractivity contribution in [3.8, 4) is 0 Å². The van der Waals surface area contributed by atoms with Gasteiger partial charge in [-0.1, -0.05) is 0 Å². The van der Waals surface area contributed by atoms with Crippen LogP contribution in [0.25, 0.3) is 0 Å². The molecule has 0 radical (unpaired) electrons. The van der Waals surface area contributed by atoms with Gasteiger partial charge in [-0.25, -0.2) is 21.9 Å². The lowest BCUT2D eigenvalue weighted by Crippen LogP contribution is -2.38. The zero-order valence-corrected chi connectivity index (χ0v) is 11.4. The van der Waals surface area contributed by atoms with E-state index < -0.39 is 29.1 Å². The highest BCUT2D eigenvalue weighted by Gasteiger charge is 2.30. The van der Waals surface area contributed by atoms with Gasteiger partial charge in [0.1, 0.15) is 6.61 Å². The molecule has 0 bridgehead atoms. The van der Waals surface area contributed by atoms with Gasteiger partial charge in [0, 0.05) is 12.6 Å². The van der Waals surface area contributed by atoms with Gasteiger partial charge in [0.05, 0.1) is 11.4 Å². The second-order valence-electron chi connectivity index (χ2n) is 4.04. The number of amides is 1. The molecule has 0 saturated carbocycles. The second-order valence-corrected chi connectivity index (χ2v) is 5.81. The third-order valence-electron chi connectivity index (χ3n) is 2.24. The van der Waals surface area contributed by atoms with Crippen molar-refractivity contribution in [3.63, 3.8) is 0 Å². The number of alkyl halides is 2. The van der Waals surface area contributed by atoms with Crippen molar-refractivity contribution in [2.24, 2.45) is 0 Å². The first-order chi connectivity index (χ1) is 9.16. The Labute approximate surface area is 114 Å². The topological polar surface area (TPSA) is 95.5 Å². The highest BCUT2D eigenvalue weighted by molar-refractivity contribution is 7.89. The zero-order chi connectivity index (χ0) is 15.4. The summed E-state index contributed by atoms with van der Waals surface area (Å²) in [7, 11) is -4.10. The van der Waals surface area contributed by atoms with Crippen molar-refractivity contribution in [1.29, 1.82) is 0 Å². The molecule has 1 aromatic rings. The molecule has 0 aliphatic heterocycles. The number of aliphatic hydroxyl groups excluding tert-OH is 1. The number of carbonyl (C=O) groups excluding carboxylic acids is 1. The summed E-state index contributed by atoms with van der Waals surface area (Å²) in [5, 5.41) is 10.8. The van der Waals surface area contributed by atoms with Crippen LogP contribution in [-0.2, 0) is 14.8 Å². The van der Waals surface area contributed by atoms with Gasteiger partial charge in [0.2, 0.25) is 15.9 Å². The second kappa shape index (κ2) is 6.25. The van der Waals surface area contributed by atoms with Crippen LogP contribution in [0.2, 0.25) is 0 Å². The van der Waals surface area contributed by atoms with E-state index in [-0.39, 0.29) is 10.8 Å². The standard InChI is InChI=1S/C11H14F2N2O4S/c1-8(17)15-9-2-4-10(5-3-9)20(18,19)14-6-11(12,13)7-16/h2-5,14,16H,6-7H2,1H3,(H,15,17). The van der Waals surface area contributed by atoms with E-state index in [0.717, 1.165) is 0 Å². The molecule has 1 rings (SSSR count). The minimum absolute atomic E-state index is 0.222. The number of halogens is 2. The highest BCUT2D eigenvalue weighted by Crippen LogP contribution is 2.16. The lowest BCUT2D eigenvalue weighted by atomic mass is 10.3. The Morgan fingerprint density at radius 2 is 1.85 bits per heavy atom. The number of hydrogen-bond acceptors (Lipinski definition) is 4. The molecule has 0 fully saturated rings. The van der Waals surface area contributed by atoms with Crippen molar-refractivity contribution in [2.45, 2.75) is 17.7 Å². The van der Waals surface area contributed by atoms with Crippen LogP contribution in [0.1, 0.15) is 6.92 Å².